The molecule has 0 aliphatic heterocycles. The van der Waals surface area contributed by atoms with E-state index < -0.39 is 16.8 Å². The average Bonchev–Trinajstić information content (AvgIpc) is 2.70. The van der Waals surface area contributed by atoms with Gasteiger partial charge in [-0.1, -0.05) is 49.4 Å². The standard InChI is InChI=1S/C20H23NO4S/c1-4-26(24)18-13-9-8-12-17(18)20(23)25-14-19(22)21(3)15(2)16-10-6-5-7-11-16/h5-13,15H,4,14H2,1-3H3. The number of carbonyl (C=O) groups is 2. The first kappa shape index (κ1) is 19.8. The summed E-state index contributed by atoms with van der Waals surface area (Å²) in [5, 5.41) is 0. The number of ether oxygens (including phenoxy) is 1. The molecular formula is C20H23NO4S. The summed E-state index contributed by atoms with van der Waals surface area (Å²) in [6.45, 7) is 3.33. The van der Waals surface area contributed by atoms with E-state index in [4.69, 9.17) is 4.74 Å². The van der Waals surface area contributed by atoms with Crippen LogP contribution in [0.2, 0.25) is 0 Å². The Balaban J connectivity index is 2.01. The Kier molecular flexibility index (Phi) is 7.09. The fraction of sp³-hybridized carbons (Fsp3) is 0.300. The lowest BCUT2D eigenvalue weighted by Gasteiger charge is -2.25. The molecule has 2 aromatic carbocycles. The van der Waals surface area contributed by atoms with E-state index in [1.807, 2.05) is 37.3 Å². The maximum Gasteiger partial charge on any atom is 0.339 e. The van der Waals surface area contributed by atoms with Crippen LogP contribution in [0.5, 0.6) is 0 Å². The van der Waals surface area contributed by atoms with Crippen LogP contribution in [0.15, 0.2) is 59.5 Å². The van der Waals surface area contributed by atoms with Crippen molar-refractivity contribution in [2.24, 2.45) is 0 Å². The minimum Gasteiger partial charge on any atom is -0.452 e. The fourth-order valence-electron chi connectivity index (χ4n) is 2.47. The van der Waals surface area contributed by atoms with Gasteiger partial charge in [-0.25, -0.2) is 4.79 Å². The van der Waals surface area contributed by atoms with Crippen molar-refractivity contribution >= 4 is 22.7 Å². The highest BCUT2D eigenvalue weighted by Crippen LogP contribution is 2.19. The molecule has 5 nitrogen and oxygen atoms in total. The average molecular weight is 373 g/mol. The number of likely N-dealkylation sites (N-methyl/N-ethyl adjacent to an activating group) is 1. The van der Waals surface area contributed by atoms with E-state index in [2.05, 4.69) is 0 Å². The Hall–Kier alpha value is -2.47. The number of esters is 1. The Morgan fingerprint density at radius 1 is 1.08 bits per heavy atom. The normalized spacial score (nSPS) is 12.9. The van der Waals surface area contributed by atoms with Crippen LogP contribution in [0, 0.1) is 0 Å². The molecule has 0 spiro atoms. The lowest BCUT2D eigenvalue weighted by Crippen LogP contribution is -2.33. The van der Waals surface area contributed by atoms with Gasteiger partial charge in [0.15, 0.2) is 6.61 Å². The number of benzene rings is 2. The lowest BCUT2D eigenvalue weighted by molar-refractivity contribution is -0.135. The molecule has 0 N–H and O–H groups in total. The molecule has 2 rings (SSSR count). The maximum atomic E-state index is 12.4. The SMILES string of the molecule is CCS(=O)c1ccccc1C(=O)OCC(=O)N(C)C(C)c1ccccc1. The molecule has 0 heterocycles. The second-order valence-electron chi connectivity index (χ2n) is 5.80. The highest BCUT2D eigenvalue weighted by atomic mass is 32.2. The van der Waals surface area contributed by atoms with Crippen LogP contribution >= 0.6 is 0 Å². The van der Waals surface area contributed by atoms with Crippen LogP contribution in [0.3, 0.4) is 0 Å². The lowest BCUT2D eigenvalue weighted by atomic mass is 10.1. The maximum absolute atomic E-state index is 12.4. The minimum atomic E-state index is -1.27. The third kappa shape index (κ3) is 4.79. The summed E-state index contributed by atoms with van der Waals surface area (Å²) in [6, 6.07) is 16.1. The molecule has 138 valence electrons. The first-order valence-electron chi connectivity index (χ1n) is 8.40. The number of nitrogens with zero attached hydrogens (tertiary/aromatic N) is 1. The Labute approximate surface area is 156 Å². The molecule has 0 aromatic heterocycles. The molecule has 0 fully saturated rings. The summed E-state index contributed by atoms with van der Waals surface area (Å²) in [6.07, 6.45) is 0. The van der Waals surface area contributed by atoms with Gasteiger partial charge in [0.1, 0.15) is 0 Å². The Bertz CT molecular complexity index is 791. The van der Waals surface area contributed by atoms with Crippen molar-refractivity contribution < 1.29 is 18.5 Å². The summed E-state index contributed by atoms with van der Waals surface area (Å²) < 4.78 is 17.2. The fourth-order valence-corrected chi connectivity index (χ4v) is 3.41. The van der Waals surface area contributed by atoms with Gasteiger partial charge in [0.25, 0.3) is 5.91 Å². The third-order valence-electron chi connectivity index (χ3n) is 4.20. The molecule has 0 saturated carbocycles. The van der Waals surface area contributed by atoms with Crippen LogP contribution in [-0.4, -0.2) is 40.4 Å². The van der Waals surface area contributed by atoms with Gasteiger partial charge in [0.05, 0.1) is 27.3 Å². The zero-order chi connectivity index (χ0) is 19.1. The second kappa shape index (κ2) is 9.29. The smallest absolute Gasteiger partial charge is 0.339 e. The van der Waals surface area contributed by atoms with E-state index in [0.29, 0.717) is 10.6 Å². The van der Waals surface area contributed by atoms with Crippen molar-refractivity contribution in [1.29, 1.82) is 0 Å². The van der Waals surface area contributed by atoms with Crippen LogP contribution < -0.4 is 0 Å². The number of hydrogen-bond acceptors (Lipinski definition) is 4. The summed E-state index contributed by atoms with van der Waals surface area (Å²) in [5.41, 5.74) is 1.23. The number of carbonyl (C=O) groups excluding carboxylic acids is 2. The first-order chi connectivity index (χ1) is 12.5. The van der Waals surface area contributed by atoms with Gasteiger partial charge >= 0.3 is 5.97 Å². The van der Waals surface area contributed by atoms with Crippen LogP contribution in [-0.2, 0) is 20.3 Å². The topological polar surface area (TPSA) is 63.7 Å². The van der Waals surface area contributed by atoms with Crippen molar-refractivity contribution in [2.45, 2.75) is 24.8 Å². The largest absolute Gasteiger partial charge is 0.452 e. The van der Waals surface area contributed by atoms with E-state index in [1.54, 1.807) is 43.1 Å². The summed E-state index contributed by atoms with van der Waals surface area (Å²) in [5.74, 6) is -0.541. The third-order valence-corrected chi connectivity index (χ3v) is 5.57. The monoisotopic (exact) mass is 373 g/mol. The van der Waals surface area contributed by atoms with Gasteiger partial charge in [-0.3, -0.25) is 9.00 Å². The van der Waals surface area contributed by atoms with Crippen LogP contribution in [0.1, 0.15) is 35.8 Å². The first-order valence-corrected chi connectivity index (χ1v) is 9.72. The van der Waals surface area contributed by atoms with E-state index in [1.165, 1.54) is 0 Å². The van der Waals surface area contributed by atoms with Crippen molar-refractivity contribution in [2.75, 3.05) is 19.4 Å². The molecule has 1 amide bonds. The molecule has 0 aliphatic carbocycles. The zero-order valence-electron chi connectivity index (χ0n) is 15.2. The number of rotatable bonds is 7. The van der Waals surface area contributed by atoms with Crippen molar-refractivity contribution in [3.8, 4) is 0 Å². The van der Waals surface area contributed by atoms with E-state index in [-0.39, 0.29) is 24.1 Å². The predicted molar refractivity (Wildman–Crippen MR) is 101 cm³/mol. The van der Waals surface area contributed by atoms with Crippen molar-refractivity contribution in [3.63, 3.8) is 0 Å². The van der Waals surface area contributed by atoms with Gasteiger partial charge in [-0.05, 0) is 24.6 Å². The molecule has 0 bridgehead atoms. The van der Waals surface area contributed by atoms with Crippen LogP contribution in [0.25, 0.3) is 0 Å². The molecule has 2 aromatic rings. The van der Waals surface area contributed by atoms with Gasteiger partial charge in [0.2, 0.25) is 0 Å². The van der Waals surface area contributed by atoms with Gasteiger partial charge in [-0.2, -0.15) is 0 Å². The van der Waals surface area contributed by atoms with Gasteiger partial charge in [-0.15, -0.1) is 0 Å². The molecular weight excluding hydrogens is 350 g/mol. The molecule has 0 radical (unpaired) electrons. The van der Waals surface area contributed by atoms with Crippen molar-refractivity contribution in [3.05, 3.63) is 65.7 Å². The van der Waals surface area contributed by atoms with E-state index >= 15 is 0 Å². The zero-order valence-corrected chi connectivity index (χ0v) is 16.0. The summed E-state index contributed by atoms with van der Waals surface area (Å²) >= 11 is 0. The van der Waals surface area contributed by atoms with E-state index in [9.17, 15) is 13.8 Å². The molecule has 2 unspecified atom stereocenters. The minimum absolute atomic E-state index is 0.137. The van der Waals surface area contributed by atoms with E-state index in [0.717, 1.165) is 5.56 Å². The molecule has 0 aliphatic rings. The highest BCUT2D eigenvalue weighted by molar-refractivity contribution is 7.85. The molecule has 0 saturated heterocycles. The Morgan fingerprint density at radius 2 is 1.69 bits per heavy atom. The summed E-state index contributed by atoms with van der Waals surface area (Å²) in [7, 11) is 0.401. The molecule has 2 atom stereocenters. The van der Waals surface area contributed by atoms with Crippen LogP contribution in [0.4, 0.5) is 0 Å². The Morgan fingerprint density at radius 3 is 2.35 bits per heavy atom. The number of hydrogen-bond donors (Lipinski definition) is 0. The van der Waals surface area contributed by atoms with Crippen molar-refractivity contribution in [1.82, 2.24) is 4.90 Å². The molecule has 6 heteroatoms. The predicted octanol–water partition coefficient (Wildman–Crippen LogP) is 3.19. The van der Waals surface area contributed by atoms with Gasteiger partial charge < -0.3 is 9.64 Å². The number of amides is 1. The second-order valence-corrected chi connectivity index (χ2v) is 7.51. The summed E-state index contributed by atoms with van der Waals surface area (Å²) in [4.78, 5) is 26.7. The molecule has 26 heavy (non-hydrogen) atoms. The highest BCUT2D eigenvalue weighted by Gasteiger charge is 2.21. The van der Waals surface area contributed by atoms with Gasteiger partial charge in [0, 0.05) is 12.8 Å². The quantitative estimate of drug-likeness (QED) is 0.699.